The Morgan fingerprint density at radius 2 is 2.00 bits per heavy atom. The summed E-state index contributed by atoms with van der Waals surface area (Å²) >= 11 is 7.75. The number of piperidine rings is 1. The van der Waals surface area contributed by atoms with E-state index in [2.05, 4.69) is 30.3 Å². The van der Waals surface area contributed by atoms with Gasteiger partial charge in [-0.1, -0.05) is 11.6 Å². The minimum Gasteiger partial charge on any atom is -0.311 e. The standard InChI is InChI=1S/C14H21ClN2S/c1-9(13-5-6-14(15)18-13)17(2)12-7-10-3-4-11(8-12)16-10/h5-6,9-12,16H,3-4,7-8H2,1-2H3. The quantitative estimate of drug-likeness (QED) is 0.911. The van der Waals surface area contributed by atoms with E-state index >= 15 is 0 Å². The van der Waals surface area contributed by atoms with Crippen molar-refractivity contribution in [2.45, 2.75) is 56.8 Å². The Kier molecular flexibility index (Phi) is 3.68. The zero-order valence-electron chi connectivity index (χ0n) is 11.0. The number of fused-ring (bicyclic) bond motifs is 2. The van der Waals surface area contributed by atoms with Crippen LogP contribution >= 0.6 is 22.9 Å². The van der Waals surface area contributed by atoms with Crippen LogP contribution in [0.2, 0.25) is 4.34 Å². The van der Waals surface area contributed by atoms with E-state index in [1.54, 1.807) is 11.3 Å². The van der Waals surface area contributed by atoms with Crippen molar-refractivity contribution in [1.82, 2.24) is 10.2 Å². The zero-order valence-corrected chi connectivity index (χ0v) is 12.6. The Hall–Kier alpha value is -0.0900. The van der Waals surface area contributed by atoms with Gasteiger partial charge < -0.3 is 5.32 Å². The van der Waals surface area contributed by atoms with Gasteiger partial charge in [0, 0.05) is 29.0 Å². The molecule has 2 bridgehead atoms. The highest BCUT2D eigenvalue weighted by Crippen LogP contribution is 2.35. The van der Waals surface area contributed by atoms with Gasteiger partial charge in [-0.15, -0.1) is 11.3 Å². The molecule has 2 fully saturated rings. The number of hydrogen-bond acceptors (Lipinski definition) is 3. The second-order valence-electron chi connectivity index (χ2n) is 5.75. The highest BCUT2D eigenvalue weighted by molar-refractivity contribution is 7.16. The largest absolute Gasteiger partial charge is 0.311 e. The Morgan fingerprint density at radius 1 is 1.33 bits per heavy atom. The molecule has 1 aromatic rings. The van der Waals surface area contributed by atoms with E-state index in [9.17, 15) is 0 Å². The third-order valence-corrected chi connectivity index (χ3v) is 6.04. The second kappa shape index (κ2) is 5.12. The SMILES string of the molecule is CC(c1ccc(Cl)s1)N(C)C1CC2CCC(C1)N2. The first-order chi connectivity index (χ1) is 8.63. The number of hydrogen-bond donors (Lipinski definition) is 1. The van der Waals surface area contributed by atoms with E-state index in [-0.39, 0.29) is 0 Å². The minimum absolute atomic E-state index is 0.477. The molecule has 1 aromatic heterocycles. The third-order valence-electron chi connectivity index (χ3n) is 4.64. The number of halogens is 1. The molecular formula is C14H21ClN2S. The maximum absolute atomic E-state index is 6.04. The molecule has 18 heavy (non-hydrogen) atoms. The summed E-state index contributed by atoms with van der Waals surface area (Å²) in [6.45, 7) is 2.30. The van der Waals surface area contributed by atoms with Crippen molar-refractivity contribution >= 4 is 22.9 Å². The van der Waals surface area contributed by atoms with Gasteiger partial charge in [0.15, 0.2) is 0 Å². The van der Waals surface area contributed by atoms with Crippen LogP contribution in [-0.4, -0.2) is 30.1 Å². The summed E-state index contributed by atoms with van der Waals surface area (Å²) in [5.41, 5.74) is 0. The molecule has 3 rings (SSSR count). The Bertz CT molecular complexity index is 408. The minimum atomic E-state index is 0.477. The van der Waals surface area contributed by atoms with Crippen molar-refractivity contribution in [3.05, 3.63) is 21.3 Å². The third kappa shape index (κ3) is 2.46. The molecule has 2 nitrogen and oxygen atoms in total. The molecule has 0 spiro atoms. The highest BCUT2D eigenvalue weighted by atomic mass is 35.5. The van der Waals surface area contributed by atoms with E-state index in [0.717, 1.165) is 22.5 Å². The van der Waals surface area contributed by atoms with Crippen molar-refractivity contribution in [3.8, 4) is 0 Å². The average Bonchev–Trinajstić information content (AvgIpc) is 2.94. The fourth-order valence-corrected chi connectivity index (χ4v) is 4.59. The lowest BCUT2D eigenvalue weighted by Gasteiger charge is -2.38. The molecule has 1 N–H and O–H groups in total. The van der Waals surface area contributed by atoms with Gasteiger partial charge >= 0.3 is 0 Å². The van der Waals surface area contributed by atoms with Crippen molar-refractivity contribution in [2.24, 2.45) is 0 Å². The topological polar surface area (TPSA) is 15.3 Å². The molecule has 3 atom stereocenters. The number of thiophene rings is 1. The smallest absolute Gasteiger partial charge is 0.0931 e. The lowest BCUT2D eigenvalue weighted by atomic mass is 9.97. The van der Waals surface area contributed by atoms with Crippen LogP contribution in [-0.2, 0) is 0 Å². The summed E-state index contributed by atoms with van der Waals surface area (Å²) in [4.78, 5) is 3.93. The van der Waals surface area contributed by atoms with E-state index < -0.39 is 0 Å². The molecule has 2 saturated heterocycles. The molecule has 100 valence electrons. The van der Waals surface area contributed by atoms with Gasteiger partial charge in [-0.25, -0.2) is 0 Å². The summed E-state index contributed by atoms with van der Waals surface area (Å²) in [6.07, 6.45) is 5.34. The molecule has 0 amide bonds. The summed E-state index contributed by atoms with van der Waals surface area (Å²) in [5, 5.41) is 3.71. The molecule has 0 aliphatic carbocycles. The van der Waals surface area contributed by atoms with Crippen LogP contribution < -0.4 is 5.32 Å². The first kappa shape index (κ1) is 12.9. The van der Waals surface area contributed by atoms with Crippen LogP contribution in [0.4, 0.5) is 0 Å². The molecular weight excluding hydrogens is 264 g/mol. The highest BCUT2D eigenvalue weighted by Gasteiger charge is 2.36. The van der Waals surface area contributed by atoms with Gasteiger partial charge in [0.1, 0.15) is 0 Å². The molecule has 3 unspecified atom stereocenters. The molecule has 0 saturated carbocycles. The molecule has 0 aromatic carbocycles. The fraction of sp³-hybridized carbons (Fsp3) is 0.714. The van der Waals surface area contributed by atoms with Crippen LogP contribution in [0.15, 0.2) is 12.1 Å². The second-order valence-corrected chi connectivity index (χ2v) is 7.49. The maximum Gasteiger partial charge on any atom is 0.0931 e. The predicted octanol–water partition coefficient (Wildman–Crippen LogP) is 3.68. The lowest BCUT2D eigenvalue weighted by Crippen LogP contribution is -2.47. The van der Waals surface area contributed by atoms with E-state index in [4.69, 9.17) is 11.6 Å². The van der Waals surface area contributed by atoms with Crippen LogP contribution in [0, 0.1) is 0 Å². The summed E-state index contributed by atoms with van der Waals surface area (Å²) in [6, 6.07) is 6.90. The van der Waals surface area contributed by atoms with Gasteiger partial charge in [-0.2, -0.15) is 0 Å². The van der Waals surface area contributed by atoms with Crippen LogP contribution in [0.25, 0.3) is 0 Å². The fourth-order valence-electron chi connectivity index (χ4n) is 3.43. The van der Waals surface area contributed by atoms with Crippen LogP contribution in [0.5, 0.6) is 0 Å². The van der Waals surface area contributed by atoms with E-state index in [1.165, 1.54) is 30.6 Å². The summed E-state index contributed by atoms with van der Waals surface area (Å²) in [5.74, 6) is 0. The maximum atomic E-state index is 6.04. The normalized spacial score (nSPS) is 33.0. The van der Waals surface area contributed by atoms with Crippen molar-refractivity contribution in [1.29, 1.82) is 0 Å². The van der Waals surface area contributed by atoms with Gasteiger partial charge in [0.05, 0.1) is 4.34 Å². The zero-order chi connectivity index (χ0) is 12.7. The Balaban J connectivity index is 1.68. The van der Waals surface area contributed by atoms with Gasteiger partial charge in [0.25, 0.3) is 0 Å². The lowest BCUT2D eigenvalue weighted by molar-refractivity contribution is 0.134. The number of nitrogens with one attached hydrogen (secondary N) is 1. The first-order valence-corrected chi connectivity index (χ1v) is 8.06. The van der Waals surface area contributed by atoms with E-state index in [0.29, 0.717) is 6.04 Å². The molecule has 3 heterocycles. The summed E-state index contributed by atoms with van der Waals surface area (Å²) in [7, 11) is 2.27. The van der Waals surface area contributed by atoms with Crippen molar-refractivity contribution < 1.29 is 0 Å². The van der Waals surface area contributed by atoms with Crippen molar-refractivity contribution in [2.75, 3.05) is 7.05 Å². The van der Waals surface area contributed by atoms with Gasteiger partial charge in [-0.05, 0) is 51.8 Å². The van der Waals surface area contributed by atoms with Crippen molar-refractivity contribution in [3.63, 3.8) is 0 Å². The number of rotatable bonds is 3. The van der Waals surface area contributed by atoms with E-state index in [1.807, 2.05) is 6.07 Å². The predicted molar refractivity (Wildman–Crippen MR) is 78.5 cm³/mol. The van der Waals surface area contributed by atoms with Gasteiger partial charge in [-0.3, -0.25) is 4.90 Å². The average molecular weight is 285 g/mol. The monoisotopic (exact) mass is 284 g/mol. The number of nitrogens with zero attached hydrogens (tertiary/aromatic N) is 1. The van der Waals surface area contributed by atoms with Crippen LogP contribution in [0.3, 0.4) is 0 Å². The Morgan fingerprint density at radius 3 is 2.56 bits per heavy atom. The van der Waals surface area contributed by atoms with Gasteiger partial charge in [0.2, 0.25) is 0 Å². The van der Waals surface area contributed by atoms with Crippen LogP contribution in [0.1, 0.15) is 43.5 Å². The molecule has 2 aliphatic heterocycles. The first-order valence-electron chi connectivity index (χ1n) is 6.86. The molecule has 0 radical (unpaired) electrons. The molecule has 2 aliphatic rings. The Labute approximate surface area is 118 Å². The molecule has 4 heteroatoms. The summed E-state index contributed by atoms with van der Waals surface area (Å²) < 4.78 is 0.899.